The van der Waals surface area contributed by atoms with Crippen LogP contribution in [0, 0.1) is 5.92 Å². The van der Waals surface area contributed by atoms with E-state index >= 15 is 0 Å². The molecule has 0 spiro atoms. The summed E-state index contributed by atoms with van der Waals surface area (Å²) in [6.07, 6.45) is 0. The predicted octanol–water partition coefficient (Wildman–Crippen LogP) is 1.00. The number of hydrogen-bond donors (Lipinski definition) is 3. The Kier molecular flexibility index (Phi) is 5.23. The van der Waals surface area contributed by atoms with Crippen LogP contribution in [-0.2, 0) is 14.4 Å². The van der Waals surface area contributed by atoms with Crippen LogP contribution in [0.15, 0.2) is 65.8 Å². The molecule has 3 amide bonds. The molecule has 2 aromatic rings. The highest BCUT2D eigenvalue weighted by Gasteiger charge is 2.50. The Morgan fingerprint density at radius 1 is 1.04 bits per heavy atom. The molecular weight excluding hydrogens is 366 g/mol. The summed E-state index contributed by atoms with van der Waals surface area (Å²) in [6.45, 7) is 0. The number of imide groups is 1. The largest absolute Gasteiger partial charge is 0.375 e. The van der Waals surface area contributed by atoms with E-state index in [0.717, 1.165) is 4.90 Å². The second kappa shape index (κ2) is 7.75. The van der Waals surface area contributed by atoms with Crippen LogP contribution in [0.25, 0.3) is 0 Å². The molecule has 1 atom stereocenters. The van der Waals surface area contributed by atoms with Gasteiger partial charge in [-0.1, -0.05) is 36.4 Å². The smallest absolute Gasteiger partial charge is 0.282 e. The first-order chi connectivity index (χ1) is 13.0. The minimum atomic E-state index is -1.43. The van der Waals surface area contributed by atoms with Crippen molar-refractivity contribution in [1.29, 1.82) is 0 Å². The lowest BCUT2D eigenvalue weighted by molar-refractivity contribution is -0.127. The molecule has 27 heavy (non-hydrogen) atoms. The zero-order chi connectivity index (χ0) is 19.4. The molecule has 0 saturated carbocycles. The molecule has 1 aliphatic heterocycles. The fourth-order valence-electron chi connectivity index (χ4n) is 2.61. The number of nitrogens with two attached hydrogens (primary N) is 1. The van der Waals surface area contributed by atoms with Crippen molar-refractivity contribution < 1.29 is 14.4 Å². The molecule has 1 unspecified atom stereocenters. The van der Waals surface area contributed by atoms with Crippen molar-refractivity contribution in [2.45, 2.75) is 0 Å². The van der Waals surface area contributed by atoms with Crippen LogP contribution in [0.2, 0.25) is 0 Å². The molecule has 1 saturated heterocycles. The molecule has 3 rings (SSSR count). The lowest BCUT2D eigenvalue weighted by Crippen LogP contribution is -2.35. The highest BCUT2D eigenvalue weighted by Crippen LogP contribution is 2.26. The Hall–Kier alpha value is -3.59. The average molecular weight is 381 g/mol. The van der Waals surface area contributed by atoms with Crippen molar-refractivity contribution in [3.8, 4) is 0 Å². The van der Waals surface area contributed by atoms with E-state index in [2.05, 4.69) is 28.1 Å². The second-order valence-corrected chi connectivity index (χ2v) is 6.02. The molecule has 2 aromatic carbocycles. The van der Waals surface area contributed by atoms with Crippen molar-refractivity contribution in [3.05, 3.63) is 60.7 Å². The van der Waals surface area contributed by atoms with Gasteiger partial charge < -0.3 is 11.1 Å². The summed E-state index contributed by atoms with van der Waals surface area (Å²) in [5.74, 6) is -3.53. The fourth-order valence-corrected chi connectivity index (χ4v) is 2.65. The zero-order valence-electron chi connectivity index (χ0n) is 14.0. The minimum absolute atomic E-state index is 0.192. The number of para-hydroxylation sites is 2. The third kappa shape index (κ3) is 3.82. The van der Waals surface area contributed by atoms with Gasteiger partial charge in [0.05, 0.1) is 5.69 Å². The van der Waals surface area contributed by atoms with E-state index in [1.165, 1.54) is 0 Å². The molecule has 4 N–H and O–H groups in total. The van der Waals surface area contributed by atoms with Gasteiger partial charge in [0, 0.05) is 5.69 Å². The topological polar surface area (TPSA) is 117 Å². The second-order valence-electron chi connectivity index (χ2n) is 5.58. The predicted molar refractivity (Wildman–Crippen MR) is 105 cm³/mol. The molecule has 136 valence electrons. The number of nitrogens with zero attached hydrogens (tertiary/aromatic N) is 2. The number of nitrogens with one attached hydrogen (secondary N) is 2. The quantitative estimate of drug-likeness (QED) is 0.315. The van der Waals surface area contributed by atoms with Crippen LogP contribution in [0.1, 0.15) is 0 Å². The highest BCUT2D eigenvalue weighted by atomic mass is 32.1. The first-order valence-corrected chi connectivity index (χ1v) is 8.32. The zero-order valence-corrected chi connectivity index (χ0v) is 14.8. The van der Waals surface area contributed by atoms with Gasteiger partial charge in [-0.2, -0.15) is 5.10 Å². The first-order valence-electron chi connectivity index (χ1n) is 7.91. The van der Waals surface area contributed by atoms with Crippen molar-refractivity contribution >= 4 is 52.1 Å². The first kappa shape index (κ1) is 18.2. The third-order valence-corrected chi connectivity index (χ3v) is 3.86. The van der Waals surface area contributed by atoms with Gasteiger partial charge in [0.25, 0.3) is 11.8 Å². The summed E-state index contributed by atoms with van der Waals surface area (Å²) in [7, 11) is 0. The summed E-state index contributed by atoms with van der Waals surface area (Å²) < 4.78 is 0. The van der Waals surface area contributed by atoms with E-state index < -0.39 is 23.6 Å². The third-order valence-electron chi connectivity index (χ3n) is 3.77. The van der Waals surface area contributed by atoms with Gasteiger partial charge >= 0.3 is 0 Å². The van der Waals surface area contributed by atoms with Crippen LogP contribution in [0.5, 0.6) is 0 Å². The Morgan fingerprint density at radius 3 is 2.22 bits per heavy atom. The number of hydrazone groups is 1. The van der Waals surface area contributed by atoms with E-state index in [1.54, 1.807) is 60.7 Å². The van der Waals surface area contributed by atoms with Gasteiger partial charge in [-0.25, -0.2) is 4.90 Å². The van der Waals surface area contributed by atoms with E-state index in [4.69, 9.17) is 5.73 Å². The maximum absolute atomic E-state index is 12.9. The summed E-state index contributed by atoms with van der Waals surface area (Å²) in [6, 6.07) is 16.9. The molecule has 9 heteroatoms. The summed E-state index contributed by atoms with van der Waals surface area (Å²) in [4.78, 5) is 39.3. The number of anilines is 2. The van der Waals surface area contributed by atoms with Crippen molar-refractivity contribution in [2.24, 2.45) is 16.8 Å². The lowest BCUT2D eigenvalue weighted by Gasteiger charge is -2.13. The van der Waals surface area contributed by atoms with Gasteiger partial charge in [-0.3, -0.25) is 19.8 Å². The van der Waals surface area contributed by atoms with E-state index in [9.17, 15) is 14.4 Å². The van der Waals surface area contributed by atoms with Gasteiger partial charge in [0.1, 0.15) is 5.71 Å². The highest BCUT2D eigenvalue weighted by molar-refractivity contribution is 7.80. The van der Waals surface area contributed by atoms with Gasteiger partial charge in [0.15, 0.2) is 11.0 Å². The number of thiocarbonyl (C=S) groups is 1. The summed E-state index contributed by atoms with van der Waals surface area (Å²) >= 11 is 4.68. The number of hydrogen-bond acceptors (Lipinski definition) is 5. The summed E-state index contributed by atoms with van der Waals surface area (Å²) in [5.41, 5.74) is 8.16. The van der Waals surface area contributed by atoms with Gasteiger partial charge in [0.2, 0.25) is 5.91 Å². The number of benzene rings is 2. The maximum Gasteiger partial charge on any atom is 0.282 e. The van der Waals surface area contributed by atoms with Gasteiger partial charge in [-0.15, -0.1) is 0 Å². The number of carbonyl (C=O) groups is 3. The molecule has 8 nitrogen and oxygen atoms in total. The van der Waals surface area contributed by atoms with Crippen molar-refractivity contribution in [3.63, 3.8) is 0 Å². The van der Waals surface area contributed by atoms with Crippen LogP contribution in [-0.4, -0.2) is 28.5 Å². The number of amides is 3. The van der Waals surface area contributed by atoms with Crippen molar-refractivity contribution in [1.82, 2.24) is 5.43 Å². The maximum atomic E-state index is 12.9. The molecule has 1 fully saturated rings. The Labute approximate surface area is 160 Å². The van der Waals surface area contributed by atoms with E-state index in [-0.39, 0.29) is 10.8 Å². The fraction of sp³-hybridized carbons (Fsp3) is 0.0556. The Bertz CT molecular complexity index is 931. The Morgan fingerprint density at radius 2 is 1.63 bits per heavy atom. The van der Waals surface area contributed by atoms with Crippen LogP contribution in [0.4, 0.5) is 11.4 Å². The van der Waals surface area contributed by atoms with Crippen LogP contribution < -0.4 is 21.4 Å². The molecule has 0 radical (unpaired) electrons. The van der Waals surface area contributed by atoms with Crippen LogP contribution >= 0.6 is 12.2 Å². The summed E-state index contributed by atoms with van der Waals surface area (Å²) in [5, 5.41) is 6.22. The molecule has 0 aromatic heterocycles. The van der Waals surface area contributed by atoms with Crippen LogP contribution in [0.3, 0.4) is 0 Å². The number of carbonyl (C=O) groups excluding carboxylic acids is 3. The molecule has 1 heterocycles. The molecular formula is C18H15N5O3S. The average Bonchev–Trinajstić information content (AvgIpc) is 2.91. The van der Waals surface area contributed by atoms with Gasteiger partial charge in [-0.05, 0) is 36.5 Å². The SMILES string of the molecule is NC(=S)N/N=C1/C(=O)N(c2ccccc2)C(=O)C1C(=O)Nc1ccccc1. The van der Waals surface area contributed by atoms with E-state index in [0.29, 0.717) is 11.4 Å². The Balaban J connectivity index is 1.96. The molecule has 1 aliphatic rings. The molecule has 0 bridgehead atoms. The number of rotatable bonds is 4. The normalized spacial score (nSPS) is 17.9. The van der Waals surface area contributed by atoms with E-state index in [1.807, 2.05) is 0 Å². The minimum Gasteiger partial charge on any atom is -0.375 e. The molecule has 0 aliphatic carbocycles. The monoisotopic (exact) mass is 381 g/mol. The standard InChI is InChI=1S/C18H15N5O3S/c19-18(27)22-21-14-13(15(24)20-11-7-3-1-4-8-11)16(25)23(17(14)26)12-9-5-2-6-10-12/h1-10,13H,(H,20,24)(H3,19,22,27)/b21-14+. The lowest BCUT2D eigenvalue weighted by atomic mass is 10.1. The van der Waals surface area contributed by atoms with Crippen molar-refractivity contribution in [2.75, 3.05) is 10.2 Å².